The number of rotatable bonds is 10. The second-order valence-corrected chi connectivity index (χ2v) is 8.46. The fourth-order valence-electron chi connectivity index (χ4n) is 4.10. The van der Waals surface area contributed by atoms with Crippen LogP contribution < -0.4 is 10.6 Å². The molecule has 0 heterocycles. The fraction of sp³-hybridized carbons (Fsp3) is 0.346. The quantitative estimate of drug-likeness (QED) is 0.473. The number of carbonyl (C=O) groups is 3. The molecule has 0 radical (unpaired) electrons. The van der Waals surface area contributed by atoms with E-state index >= 15 is 0 Å². The maximum Gasteiger partial charge on any atom is 0.407 e. The molecule has 1 aliphatic rings. The first kappa shape index (κ1) is 24.0. The van der Waals surface area contributed by atoms with Crippen molar-refractivity contribution in [2.24, 2.45) is 5.92 Å². The standard InChI is InChI=1S/C26H30N2O5/c1-4-5-14-22(24(29)28-23(16(2)3)25(30)31)27-26(32)33-15-21-19-12-8-6-10-17(19)18-11-7-9-13-20(18)21/h4,6-13,16,21-23H,1,5,14-15H2,2-3H3,(H,27,32)(H,28,29)(H,30,31)/t22?,23-/m1/s1. The van der Waals surface area contributed by atoms with Crippen LogP contribution >= 0.6 is 0 Å². The van der Waals surface area contributed by atoms with Gasteiger partial charge in [0.2, 0.25) is 5.91 Å². The van der Waals surface area contributed by atoms with Crippen LogP contribution in [0.4, 0.5) is 4.79 Å². The van der Waals surface area contributed by atoms with E-state index in [4.69, 9.17) is 4.74 Å². The van der Waals surface area contributed by atoms with Crippen LogP contribution in [0.3, 0.4) is 0 Å². The number of hydrogen-bond acceptors (Lipinski definition) is 4. The Morgan fingerprint density at radius 2 is 1.61 bits per heavy atom. The van der Waals surface area contributed by atoms with Crippen molar-refractivity contribution >= 4 is 18.0 Å². The number of alkyl carbamates (subject to hydrolysis) is 1. The fourth-order valence-corrected chi connectivity index (χ4v) is 4.10. The number of carbonyl (C=O) groups excluding carboxylic acids is 2. The first-order valence-electron chi connectivity index (χ1n) is 11.1. The first-order chi connectivity index (χ1) is 15.8. The molecule has 0 aromatic heterocycles. The second-order valence-electron chi connectivity index (χ2n) is 8.46. The molecule has 2 aromatic rings. The molecule has 3 rings (SSSR count). The second kappa shape index (κ2) is 10.8. The summed E-state index contributed by atoms with van der Waals surface area (Å²) in [5.41, 5.74) is 4.43. The minimum absolute atomic E-state index is 0.0964. The summed E-state index contributed by atoms with van der Waals surface area (Å²) in [7, 11) is 0. The number of fused-ring (bicyclic) bond motifs is 3. The molecule has 174 valence electrons. The van der Waals surface area contributed by atoms with E-state index in [9.17, 15) is 19.5 Å². The molecule has 2 aromatic carbocycles. The molecule has 7 heteroatoms. The lowest BCUT2D eigenvalue weighted by Gasteiger charge is -2.23. The Morgan fingerprint density at radius 1 is 1.03 bits per heavy atom. The molecular formula is C26H30N2O5. The number of allylic oxidation sites excluding steroid dienone is 1. The van der Waals surface area contributed by atoms with Crippen LogP contribution in [0, 0.1) is 5.92 Å². The minimum atomic E-state index is -1.12. The number of nitrogens with one attached hydrogen (secondary N) is 2. The Labute approximate surface area is 193 Å². The van der Waals surface area contributed by atoms with Crippen LogP contribution in [0.25, 0.3) is 11.1 Å². The van der Waals surface area contributed by atoms with Gasteiger partial charge in [0.25, 0.3) is 0 Å². The van der Waals surface area contributed by atoms with Gasteiger partial charge in [-0.15, -0.1) is 6.58 Å². The van der Waals surface area contributed by atoms with E-state index in [1.54, 1.807) is 19.9 Å². The molecule has 0 saturated carbocycles. The van der Waals surface area contributed by atoms with E-state index in [-0.39, 0.29) is 24.9 Å². The first-order valence-corrected chi connectivity index (χ1v) is 11.1. The molecule has 2 atom stereocenters. The van der Waals surface area contributed by atoms with E-state index in [0.717, 1.165) is 22.3 Å². The summed E-state index contributed by atoms with van der Waals surface area (Å²) in [4.78, 5) is 36.8. The highest BCUT2D eigenvalue weighted by molar-refractivity contribution is 5.89. The van der Waals surface area contributed by atoms with E-state index in [1.807, 2.05) is 36.4 Å². The molecule has 33 heavy (non-hydrogen) atoms. The molecule has 0 spiro atoms. The zero-order valence-electron chi connectivity index (χ0n) is 18.9. The molecule has 0 bridgehead atoms. The van der Waals surface area contributed by atoms with Gasteiger partial charge >= 0.3 is 12.1 Å². The Morgan fingerprint density at radius 3 is 2.12 bits per heavy atom. The number of ether oxygens (including phenoxy) is 1. The highest BCUT2D eigenvalue weighted by Gasteiger charge is 2.31. The maximum absolute atomic E-state index is 12.7. The monoisotopic (exact) mass is 450 g/mol. The van der Waals surface area contributed by atoms with Gasteiger partial charge in [-0.25, -0.2) is 9.59 Å². The van der Waals surface area contributed by atoms with Gasteiger partial charge in [0.15, 0.2) is 0 Å². The Hall–Kier alpha value is -3.61. The number of amides is 2. The highest BCUT2D eigenvalue weighted by atomic mass is 16.5. The van der Waals surface area contributed by atoms with Gasteiger partial charge in [0.1, 0.15) is 18.7 Å². The lowest BCUT2D eigenvalue weighted by Crippen LogP contribution is -2.53. The van der Waals surface area contributed by atoms with Crippen LogP contribution in [0.5, 0.6) is 0 Å². The highest BCUT2D eigenvalue weighted by Crippen LogP contribution is 2.44. The molecular weight excluding hydrogens is 420 g/mol. The number of hydrogen-bond donors (Lipinski definition) is 3. The number of benzene rings is 2. The van der Waals surface area contributed by atoms with Crippen molar-refractivity contribution in [1.82, 2.24) is 10.6 Å². The van der Waals surface area contributed by atoms with Gasteiger partial charge in [-0.3, -0.25) is 4.79 Å². The van der Waals surface area contributed by atoms with Gasteiger partial charge in [-0.2, -0.15) is 0 Å². The summed E-state index contributed by atoms with van der Waals surface area (Å²) in [6, 6.07) is 14.1. The lowest BCUT2D eigenvalue weighted by molar-refractivity contribution is -0.143. The molecule has 0 fully saturated rings. The van der Waals surface area contributed by atoms with Crippen LogP contribution in [-0.2, 0) is 14.3 Å². The minimum Gasteiger partial charge on any atom is -0.480 e. The summed E-state index contributed by atoms with van der Waals surface area (Å²) in [6.07, 6.45) is 1.67. The molecule has 7 nitrogen and oxygen atoms in total. The molecule has 0 aliphatic heterocycles. The van der Waals surface area contributed by atoms with Crippen LogP contribution in [0.2, 0.25) is 0 Å². The van der Waals surface area contributed by atoms with Crippen molar-refractivity contribution in [3.8, 4) is 11.1 Å². The molecule has 2 amide bonds. The number of carboxylic acid groups (broad SMARTS) is 1. The summed E-state index contributed by atoms with van der Waals surface area (Å²) in [6.45, 7) is 7.18. The van der Waals surface area contributed by atoms with Crippen molar-refractivity contribution in [1.29, 1.82) is 0 Å². The van der Waals surface area contributed by atoms with Crippen molar-refractivity contribution in [3.05, 3.63) is 72.3 Å². The Balaban J connectivity index is 1.67. The van der Waals surface area contributed by atoms with Gasteiger partial charge in [-0.05, 0) is 41.0 Å². The van der Waals surface area contributed by atoms with Crippen molar-refractivity contribution in [2.45, 2.75) is 44.7 Å². The van der Waals surface area contributed by atoms with E-state index < -0.39 is 30.1 Å². The third kappa shape index (κ3) is 5.61. The van der Waals surface area contributed by atoms with Gasteiger partial charge in [0, 0.05) is 5.92 Å². The SMILES string of the molecule is C=CCCC(NC(=O)OCC1c2ccccc2-c2ccccc21)C(=O)N[C@@H](C(=O)O)C(C)C. The van der Waals surface area contributed by atoms with Crippen molar-refractivity contribution in [2.75, 3.05) is 6.61 Å². The molecule has 0 saturated heterocycles. The van der Waals surface area contributed by atoms with Crippen LogP contribution in [0.1, 0.15) is 43.7 Å². The summed E-state index contributed by atoms with van der Waals surface area (Å²) in [5, 5.41) is 14.5. The molecule has 3 N–H and O–H groups in total. The van der Waals surface area contributed by atoms with Gasteiger partial charge in [-0.1, -0.05) is 68.5 Å². The van der Waals surface area contributed by atoms with Gasteiger partial charge in [0.05, 0.1) is 0 Å². The summed E-state index contributed by atoms with van der Waals surface area (Å²) < 4.78 is 5.53. The Bertz CT molecular complexity index is 987. The van der Waals surface area contributed by atoms with E-state index in [0.29, 0.717) is 6.42 Å². The molecule has 1 aliphatic carbocycles. The van der Waals surface area contributed by atoms with Gasteiger partial charge < -0.3 is 20.5 Å². The third-order valence-electron chi connectivity index (χ3n) is 5.84. The smallest absolute Gasteiger partial charge is 0.407 e. The number of aliphatic carboxylic acids is 1. The Kier molecular flexibility index (Phi) is 7.87. The van der Waals surface area contributed by atoms with E-state index in [1.165, 1.54) is 0 Å². The summed E-state index contributed by atoms with van der Waals surface area (Å²) in [5.74, 6) is -2.09. The zero-order chi connectivity index (χ0) is 24.0. The third-order valence-corrected chi connectivity index (χ3v) is 5.84. The van der Waals surface area contributed by atoms with Crippen molar-refractivity contribution < 1.29 is 24.2 Å². The largest absolute Gasteiger partial charge is 0.480 e. The van der Waals surface area contributed by atoms with Crippen LogP contribution in [0.15, 0.2) is 61.2 Å². The topological polar surface area (TPSA) is 105 Å². The summed E-state index contributed by atoms with van der Waals surface area (Å²) >= 11 is 0. The van der Waals surface area contributed by atoms with E-state index in [2.05, 4.69) is 29.3 Å². The lowest BCUT2D eigenvalue weighted by atomic mass is 9.98. The average molecular weight is 451 g/mol. The zero-order valence-corrected chi connectivity index (χ0v) is 18.9. The predicted octanol–water partition coefficient (Wildman–Crippen LogP) is 4.09. The average Bonchev–Trinajstić information content (AvgIpc) is 3.12. The normalized spacial score (nSPS) is 14.0. The van der Waals surface area contributed by atoms with Crippen molar-refractivity contribution in [3.63, 3.8) is 0 Å². The van der Waals surface area contributed by atoms with Crippen LogP contribution in [-0.4, -0.2) is 41.8 Å². The molecule has 1 unspecified atom stereocenters. The maximum atomic E-state index is 12.7. The predicted molar refractivity (Wildman–Crippen MR) is 126 cm³/mol. The number of carboxylic acids is 1.